The summed E-state index contributed by atoms with van der Waals surface area (Å²) in [5.41, 5.74) is 6.55. The third kappa shape index (κ3) is 3.71. The van der Waals surface area contributed by atoms with E-state index in [9.17, 15) is 4.79 Å². The van der Waals surface area contributed by atoms with Crippen molar-refractivity contribution >= 4 is 5.91 Å². The molecule has 5 nitrogen and oxygen atoms in total. The van der Waals surface area contributed by atoms with E-state index in [1.165, 1.54) is 0 Å². The quantitative estimate of drug-likeness (QED) is 0.777. The number of carbonyl (C=O) groups is 1. The van der Waals surface area contributed by atoms with Crippen LogP contribution in [0.4, 0.5) is 0 Å². The average Bonchev–Trinajstić information content (AvgIpc) is 2.43. The lowest BCUT2D eigenvalue weighted by atomic mass is 9.91. The molecule has 0 radical (unpaired) electrons. The summed E-state index contributed by atoms with van der Waals surface area (Å²) >= 11 is 0. The van der Waals surface area contributed by atoms with Crippen molar-refractivity contribution in [1.29, 1.82) is 0 Å². The summed E-state index contributed by atoms with van der Waals surface area (Å²) in [6.45, 7) is 0.885. The Labute approximate surface area is 119 Å². The van der Waals surface area contributed by atoms with E-state index in [2.05, 4.69) is 0 Å². The number of hydrogen-bond donors (Lipinski definition) is 2. The number of nitrogens with zero attached hydrogens (tertiary/aromatic N) is 1. The Morgan fingerprint density at radius 1 is 1.35 bits per heavy atom. The van der Waals surface area contributed by atoms with Gasteiger partial charge in [-0.2, -0.15) is 0 Å². The summed E-state index contributed by atoms with van der Waals surface area (Å²) in [5.74, 6) is 0.597. The highest BCUT2D eigenvalue weighted by molar-refractivity contribution is 5.78. The van der Waals surface area contributed by atoms with Crippen LogP contribution in [0.5, 0.6) is 5.75 Å². The van der Waals surface area contributed by atoms with Crippen molar-refractivity contribution in [3.8, 4) is 5.75 Å². The number of nitrogens with two attached hydrogens (primary N) is 1. The van der Waals surface area contributed by atoms with Gasteiger partial charge in [-0.1, -0.05) is 12.1 Å². The molecule has 5 heteroatoms. The van der Waals surface area contributed by atoms with E-state index >= 15 is 0 Å². The Morgan fingerprint density at radius 2 is 2.05 bits per heavy atom. The van der Waals surface area contributed by atoms with Crippen LogP contribution in [-0.4, -0.2) is 41.7 Å². The molecule has 2 rings (SSSR count). The maximum Gasteiger partial charge on any atom is 0.260 e. The Kier molecular flexibility index (Phi) is 5.38. The average molecular weight is 278 g/mol. The molecule has 20 heavy (non-hydrogen) atoms. The number of benzene rings is 1. The zero-order valence-corrected chi connectivity index (χ0v) is 11.6. The van der Waals surface area contributed by atoms with Crippen LogP contribution in [0.25, 0.3) is 0 Å². The van der Waals surface area contributed by atoms with E-state index in [1.54, 1.807) is 4.90 Å². The van der Waals surface area contributed by atoms with Gasteiger partial charge in [0.05, 0.1) is 6.61 Å². The first kappa shape index (κ1) is 14.8. The van der Waals surface area contributed by atoms with E-state index in [0.717, 1.165) is 24.8 Å². The molecule has 1 aliphatic rings. The van der Waals surface area contributed by atoms with E-state index in [0.29, 0.717) is 18.8 Å². The Morgan fingerprint density at radius 3 is 2.55 bits per heavy atom. The molecule has 1 aromatic rings. The summed E-state index contributed by atoms with van der Waals surface area (Å²) in [6.07, 6.45) is 3.20. The van der Waals surface area contributed by atoms with Gasteiger partial charge in [-0.3, -0.25) is 4.79 Å². The van der Waals surface area contributed by atoms with Crippen molar-refractivity contribution in [3.05, 3.63) is 29.8 Å². The van der Waals surface area contributed by atoms with Gasteiger partial charge < -0.3 is 20.5 Å². The molecule has 110 valence electrons. The van der Waals surface area contributed by atoms with Gasteiger partial charge in [0.2, 0.25) is 0 Å². The van der Waals surface area contributed by atoms with E-state index in [1.807, 2.05) is 24.3 Å². The second-order valence-corrected chi connectivity index (χ2v) is 5.03. The zero-order chi connectivity index (χ0) is 14.4. The predicted molar refractivity (Wildman–Crippen MR) is 76.3 cm³/mol. The molecule has 1 aliphatic carbocycles. The molecular formula is C15H22N2O3. The van der Waals surface area contributed by atoms with Gasteiger partial charge in [0.15, 0.2) is 6.61 Å². The van der Waals surface area contributed by atoms with Crippen molar-refractivity contribution in [1.82, 2.24) is 4.90 Å². The van der Waals surface area contributed by atoms with Gasteiger partial charge in [-0.25, -0.2) is 0 Å². The fourth-order valence-corrected chi connectivity index (χ4v) is 2.27. The number of aliphatic hydroxyl groups is 1. The number of carbonyl (C=O) groups excluding carboxylic acids is 1. The van der Waals surface area contributed by atoms with Gasteiger partial charge in [0.1, 0.15) is 5.75 Å². The first-order chi connectivity index (χ1) is 9.74. The number of ether oxygens (including phenoxy) is 1. The van der Waals surface area contributed by atoms with Gasteiger partial charge in [0, 0.05) is 19.1 Å². The van der Waals surface area contributed by atoms with E-state index < -0.39 is 0 Å². The molecule has 1 saturated carbocycles. The highest BCUT2D eigenvalue weighted by atomic mass is 16.5. The first-order valence-corrected chi connectivity index (χ1v) is 7.06. The highest BCUT2D eigenvalue weighted by Crippen LogP contribution is 2.24. The highest BCUT2D eigenvalue weighted by Gasteiger charge is 2.28. The third-order valence-corrected chi connectivity index (χ3v) is 3.70. The monoisotopic (exact) mass is 278 g/mol. The fourth-order valence-electron chi connectivity index (χ4n) is 2.27. The van der Waals surface area contributed by atoms with Crippen molar-refractivity contribution in [2.75, 3.05) is 19.8 Å². The summed E-state index contributed by atoms with van der Waals surface area (Å²) in [6, 6.07) is 7.68. The number of aliphatic hydroxyl groups excluding tert-OH is 1. The van der Waals surface area contributed by atoms with Crippen LogP contribution in [0, 0.1) is 0 Å². The summed E-state index contributed by atoms with van der Waals surface area (Å²) in [5, 5.41) is 9.05. The lowest BCUT2D eigenvalue weighted by molar-refractivity contribution is -0.138. The zero-order valence-electron chi connectivity index (χ0n) is 11.6. The molecule has 0 aliphatic heterocycles. The standard InChI is InChI=1S/C15H22N2O3/c16-10-12-4-6-14(7-5-12)20-11-15(19)17(8-9-18)13-2-1-3-13/h4-7,13,18H,1-3,8-11,16H2. The number of hydrogen-bond acceptors (Lipinski definition) is 4. The first-order valence-electron chi connectivity index (χ1n) is 7.06. The lowest BCUT2D eigenvalue weighted by Gasteiger charge is -2.37. The molecule has 0 atom stereocenters. The van der Waals surface area contributed by atoms with Crippen LogP contribution in [0.1, 0.15) is 24.8 Å². The fraction of sp³-hybridized carbons (Fsp3) is 0.533. The second-order valence-electron chi connectivity index (χ2n) is 5.03. The SMILES string of the molecule is NCc1ccc(OCC(=O)N(CCO)C2CCC2)cc1. The van der Waals surface area contributed by atoms with Crippen molar-refractivity contribution in [2.24, 2.45) is 5.73 Å². The Bertz CT molecular complexity index is 429. The van der Waals surface area contributed by atoms with Gasteiger partial charge in [0.25, 0.3) is 5.91 Å². The number of rotatable bonds is 7. The third-order valence-electron chi connectivity index (χ3n) is 3.70. The van der Waals surface area contributed by atoms with Crippen molar-refractivity contribution < 1.29 is 14.6 Å². The molecule has 3 N–H and O–H groups in total. The predicted octanol–water partition coefficient (Wildman–Crippen LogP) is 0.897. The minimum atomic E-state index is -0.0633. The van der Waals surface area contributed by atoms with Crippen LogP contribution in [0.3, 0.4) is 0 Å². The maximum atomic E-state index is 12.1. The van der Waals surface area contributed by atoms with Crippen LogP contribution < -0.4 is 10.5 Å². The van der Waals surface area contributed by atoms with E-state index in [-0.39, 0.29) is 25.2 Å². The van der Waals surface area contributed by atoms with Crippen LogP contribution in [0.2, 0.25) is 0 Å². The maximum absolute atomic E-state index is 12.1. The van der Waals surface area contributed by atoms with E-state index in [4.69, 9.17) is 15.6 Å². The topological polar surface area (TPSA) is 75.8 Å². The smallest absolute Gasteiger partial charge is 0.260 e. The Hall–Kier alpha value is -1.59. The van der Waals surface area contributed by atoms with Crippen LogP contribution in [0.15, 0.2) is 24.3 Å². The molecule has 1 amide bonds. The minimum absolute atomic E-state index is 0.00651. The molecule has 0 unspecified atom stereocenters. The molecule has 0 bridgehead atoms. The molecule has 1 fully saturated rings. The van der Waals surface area contributed by atoms with Crippen LogP contribution in [-0.2, 0) is 11.3 Å². The van der Waals surface area contributed by atoms with Gasteiger partial charge >= 0.3 is 0 Å². The summed E-state index contributed by atoms with van der Waals surface area (Å²) in [7, 11) is 0. The summed E-state index contributed by atoms with van der Waals surface area (Å²) < 4.78 is 5.50. The minimum Gasteiger partial charge on any atom is -0.484 e. The Balaban J connectivity index is 1.85. The van der Waals surface area contributed by atoms with Gasteiger partial charge in [-0.05, 0) is 37.0 Å². The molecule has 1 aromatic carbocycles. The largest absolute Gasteiger partial charge is 0.484 e. The molecule has 0 heterocycles. The molecule has 0 saturated heterocycles. The second kappa shape index (κ2) is 7.26. The summed E-state index contributed by atoms with van der Waals surface area (Å²) in [4.78, 5) is 13.9. The lowest BCUT2D eigenvalue weighted by Crippen LogP contribution is -2.47. The van der Waals surface area contributed by atoms with Gasteiger partial charge in [-0.15, -0.1) is 0 Å². The normalized spacial score (nSPS) is 14.7. The molecule has 0 aromatic heterocycles. The van der Waals surface area contributed by atoms with Crippen LogP contribution >= 0.6 is 0 Å². The number of amides is 1. The molecule has 0 spiro atoms. The van der Waals surface area contributed by atoms with Crippen molar-refractivity contribution in [2.45, 2.75) is 31.8 Å². The molecular weight excluding hydrogens is 256 g/mol. The van der Waals surface area contributed by atoms with Crippen molar-refractivity contribution in [3.63, 3.8) is 0 Å².